The third-order valence-electron chi connectivity index (χ3n) is 8.72. The second-order valence-corrected chi connectivity index (χ2v) is 12.9. The second kappa shape index (κ2) is 11.0. The summed E-state index contributed by atoms with van der Waals surface area (Å²) >= 11 is 0. The van der Waals surface area contributed by atoms with Crippen LogP contribution < -0.4 is 0 Å². The summed E-state index contributed by atoms with van der Waals surface area (Å²) in [4.78, 5) is 2.73. The minimum absolute atomic E-state index is 0.0330. The molecule has 3 aromatic carbocycles. The Morgan fingerprint density at radius 1 is 0.921 bits per heavy atom. The molecule has 0 aromatic heterocycles. The van der Waals surface area contributed by atoms with E-state index in [0.717, 1.165) is 48.8 Å². The molecular weight excluding hydrogens is 490 g/mol. The fourth-order valence-electron chi connectivity index (χ4n) is 6.65. The summed E-state index contributed by atoms with van der Waals surface area (Å²) in [6.07, 6.45) is 4.63. The van der Waals surface area contributed by atoms with Gasteiger partial charge >= 0.3 is 0 Å². The van der Waals surface area contributed by atoms with Crippen LogP contribution in [0.15, 0.2) is 89.8 Å². The highest BCUT2D eigenvalue weighted by Gasteiger charge is 2.47. The van der Waals surface area contributed by atoms with E-state index in [0.29, 0.717) is 24.0 Å². The van der Waals surface area contributed by atoms with Crippen LogP contribution in [0.4, 0.5) is 0 Å². The molecule has 0 spiro atoms. The second-order valence-electron chi connectivity index (χ2n) is 11.0. The Labute approximate surface area is 227 Å². The van der Waals surface area contributed by atoms with Gasteiger partial charge in [0.05, 0.1) is 11.0 Å². The van der Waals surface area contributed by atoms with Gasteiger partial charge in [0.2, 0.25) is 10.0 Å². The van der Waals surface area contributed by atoms with Crippen molar-refractivity contribution in [2.75, 3.05) is 20.1 Å². The maximum atomic E-state index is 13.5. The highest BCUT2D eigenvalue weighted by Crippen LogP contribution is 2.47. The lowest BCUT2D eigenvalue weighted by Crippen LogP contribution is -2.45. The predicted molar refractivity (Wildman–Crippen MR) is 151 cm³/mol. The third-order valence-corrected chi connectivity index (χ3v) is 10.7. The average Bonchev–Trinajstić information content (AvgIpc) is 3.62. The number of benzene rings is 3. The van der Waals surface area contributed by atoms with Crippen LogP contribution in [0.3, 0.4) is 0 Å². The minimum Gasteiger partial charge on any atom is -0.302 e. The topological polar surface area (TPSA) is 64.4 Å². The number of likely N-dealkylation sites (N-methyl/N-ethyl adjacent to an activating group) is 1. The third kappa shape index (κ3) is 4.91. The van der Waals surface area contributed by atoms with E-state index < -0.39 is 15.4 Å². The summed E-state index contributed by atoms with van der Waals surface area (Å²) < 4.78 is 28.6. The van der Waals surface area contributed by atoms with Gasteiger partial charge in [0.15, 0.2) is 0 Å². The molecule has 2 aliphatic rings. The summed E-state index contributed by atoms with van der Waals surface area (Å²) in [5, 5.41) is 10.7. The molecule has 38 heavy (non-hydrogen) atoms. The van der Waals surface area contributed by atoms with E-state index in [9.17, 15) is 13.7 Å². The minimum atomic E-state index is -3.52. The molecule has 5 nitrogen and oxygen atoms in total. The SMILES string of the molecule is Cc1ccc(S(=O)(=O)N2CCC[C@@H]2CN(C)C2CCC(C(C#N)(c3ccccc3)c3ccccc3)C2)cc1. The van der Waals surface area contributed by atoms with Crippen molar-refractivity contribution in [2.24, 2.45) is 5.92 Å². The van der Waals surface area contributed by atoms with E-state index in [1.165, 1.54) is 0 Å². The van der Waals surface area contributed by atoms with Crippen LogP contribution in [0.25, 0.3) is 0 Å². The summed E-state index contributed by atoms with van der Waals surface area (Å²) in [6.45, 7) is 3.25. The first-order chi connectivity index (χ1) is 18.4. The lowest BCUT2D eigenvalue weighted by molar-refractivity contribution is 0.193. The molecule has 3 atom stereocenters. The van der Waals surface area contributed by atoms with Gasteiger partial charge in [0.1, 0.15) is 5.41 Å². The number of nitriles is 1. The molecule has 0 radical (unpaired) electrons. The van der Waals surface area contributed by atoms with Crippen molar-refractivity contribution in [3.8, 4) is 6.07 Å². The quantitative estimate of drug-likeness (QED) is 0.374. The fourth-order valence-corrected chi connectivity index (χ4v) is 8.33. The molecule has 0 amide bonds. The maximum absolute atomic E-state index is 13.5. The standard InChI is InChI=1S/C32H37N3O2S/c1-25-15-19-31(20-16-25)38(36,37)35-21-9-14-30(35)23-34(2)29-18-17-28(22-29)32(24-33,26-10-5-3-6-11-26)27-12-7-4-8-13-27/h3-8,10-13,15-16,19-20,28-30H,9,14,17-18,21-23H2,1-2H3/t28?,29?,30-/m1/s1. The fraction of sp³-hybridized carbons (Fsp3) is 0.406. The van der Waals surface area contributed by atoms with Crippen LogP contribution in [-0.4, -0.2) is 49.8 Å². The first-order valence-electron chi connectivity index (χ1n) is 13.7. The van der Waals surface area contributed by atoms with Gasteiger partial charge in [-0.2, -0.15) is 9.57 Å². The average molecular weight is 528 g/mol. The Kier molecular flexibility index (Phi) is 7.72. The zero-order chi connectivity index (χ0) is 26.8. The lowest BCUT2D eigenvalue weighted by Gasteiger charge is -2.35. The summed E-state index contributed by atoms with van der Waals surface area (Å²) in [6, 6.07) is 30.6. The number of hydrogen-bond donors (Lipinski definition) is 0. The van der Waals surface area contributed by atoms with Crippen molar-refractivity contribution in [1.29, 1.82) is 5.26 Å². The summed E-state index contributed by atoms with van der Waals surface area (Å²) in [5.74, 6) is 0.181. The van der Waals surface area contributed by atoms with E-state index in [1.807, 2.05) is 55.5 Å². The zero-order valence-corrected chi connectivity index (χ0v) is 23.1. The molecule has 3 aromatic rings. The van der Waals surface area contributed by atoms with Gasteiger partial charge in [-0.1, -0.05) is 78.4 Å². The smallest absolute Gasteiger partial charge is 0.243 e. The summed E-state index contributed by atoms with van der Waals surface area (Å²) in [7, 11) is -1.39. The molecule has 1 saturated carbocycles. The van der Waals surface area contributed by atoms with Crippen molar-refractivity contribution in [1.82, 2.24) is 9.21 Å². The van der Waals surface area contributed by atoms with E-state index >= 15 is 0 Å². The van der Waals surface area contributed by atoms with Crippen molar-refractivity contribution < 1.29 is 8.42 Å². The molecule has 1 heterocycles. The number of rotatable bonds is 8. The van der Waals surface area contributed by atoms with Crippen molar-refractivity contribution in [3.63, 3.8) is 0 Å². The monoisotopic (exact) mass is 527 g/mol. The van der Waals surface area contributed by atoms with Crippen LogP contribution >= 0.6 is 0 Å². The number of aryl methyl sites for hydroxylation is 1. The largest absolute Gasteiger partial charge is 0.302 e. The molecule has 6 heteroatoms. The number of nitrogens with zero attached hydrogens (tertiary/aromatic N) is 3. The van der Waals surface area contributed by atoms with Crippen LogP contribution in [0.5, 0.6) is 0 Å². The van der Waals surface area contributed by atoms with Crippen LogP contribution in [0, 0.1) is 24.2 Å². The highest BCUT2D eigenvalue weighted by atomic mass is 32.2. The zero-order valence-electron chi connectivity index (χ0n) is 22.3. The number of hydrogen-bond acceptors (Lipinski definition) is 4. The molecule has 5 rings (SSSR count). The number of sulfonamides is 1. The van der Waals surface area contributed by atoms with Crippen LogP contribution in [-0.2, 0) is 15.4 Å². The van der Waals surface area contributed by atoms with E-state index in [4.69, 9.17) is 0 Å². The molecule has 198 valence electrons. The van der Waals surface area contributed by atoms with Crippen LogP contribution in [0.1, 0.15) is 48.8 Å². The molecule has 1 aliphatic heterocycles. The van der Waals surface area contributed by atoms with Gasteiger partial charge in [-0.25, -0.2) is 8.42 Å². The molecule has 2 fully saturated rings. The van der Waals surface area contributed by atoms with Gasteiger partial charge in [-0.3, -0.25) is 0 Å². The Balaban J connectivity index is 1.34. The van der Waals surface area contributed by atoms with Gasteiger partial charge < -0.3 is 4.90 Å². The maximum Gasteiger partial charge on any atom is 0.243 e. The highest BCUT2D eigenvalue weighted by molar-refractivity contribution is 7.89. The Bertz CT molecular complexity index is 1330. The van der Waals surface area contributed by atoms with Crippen LogP contribution in [0.2, 0.25) is 0 Å². The van der Waals surface area contributed by atoms with E-state index in [1.54, 1.807) is 16.4 Å². The van der Waals surface area contributed by atoms with Gasteiger partial charge in [0.25, 0.3) is 0 Å². The Hall–Kier alpha value is -2.98. The van der Waals surface area contributed by atoms with Crippen molar-refractivity contribution >= 4 is 10.0 Å². The van der Waals surface area contributed by atoms with Crippen molar-refractivity contribution in [3.05, 3.63) is 102 Å². The normalized spacial score (nSPS) is 22.5. The Morgan fingerprint density at radius 2 is 1.53 bits per heavy atom. The van der Waals surface area contributed by atoms with E-state index in [-0.39, 0.29) is 12.0 Å². The first kappa shape index (κ1) is 26.6. The molecule has 1 aliphatic carbocycles. The van der Waals surface area contributed by atoms with Crippen molar-refractivity contribution in [2.45, 2.75) is 61.4 Å². The molecule has 2 unspecified atom stereocenters. The predicted octanol–water partition coefficient (Wildman–Crippen LogP) is 5.76. The molecular formula is C32H37N3O2S. The lowest BCUT2D eigenvalue weighted by atomic mass is 9.66. The molecule has 0 N–H and O–H groups in total. The molecule has 1 saturated heterocycles. The molecule has 0 bridgehead atoms. The van der Waals surface area contributed by atoms with Gasteiger partial charge in [-0.15, -0.1) is 0 Å². The van der Waals surface area contributed by atoms with E-state index in [2.05, 4.69) is 42.3 Å². The Morgan fingerprint density at radius 3 is 2.11 bits per heavy atom. The summed E-state index contributed by atoms with van der Waals surface area (Å²) in [5.41, 5.74) is 2.45. The van der Waals surface area contributed by atoms with Gasteiger partial charge in [0, 0.05) is 25.2 Å². The van der Waals surface area contributed by atoms with Gasteiger partial charge in [-0.05, 0) is 75.3 Å². The first-order valence-corrected chi connectivity index (χ1v) is 15.1.